The second kappa shape index (κ2) is 5.39. The highest BCUT2D eigenvalue weighted by Crippen LogP contribution is 2.33. The molecule has 2 rings (SSSR count). The van der Waals surface area contributed by atoms with E-state index in [4.69, 9.17) is 0 Å². The zero-order valence-corrected chi connectivity index (χ0v) is 11.2. The average molecular weight is 229 g/mol. The van der Waals surface area contributed by atoms with Crippen LogP contribution in [-0.4, -0.2) is 4.98 Å². The second-order valence-electron chi connectivity index (χ2n) is 5.40. The van der Waals surface area contributed by atoms with Crippen molar-refractivity contribution in [3.8, 4) is 0 Å². The topological polar surface area (TPSA) is 15.8 Å². The Morgan fingerprint density at radius 3 is 2.65 bits per heavy atom. The number of hydrogen-bond acceptors (Lipinski definition) is 0. The van der Waals surface area contributed by atoms with Crippen molar-refractivity contribution in [1.82, 2.24) is 4.98 Å². The molecule has 1 unspecified atom stereocenters. The first-order valence-electron chi connectivity index (χ1n) is 6.78. The van der Waals surface area contributed by atoms with Crippen LogP contribution in [0.2, 0.25) is 0 Å². The molecule has 0 aliphatic heterocycles. The van der Waals surface area contributed by atoms with Crippen molar-refractivity contribution in [1.29, 1.82) is 0 Å². The number of hydrogen-bond donors (Lipinski definition) is 1. The maximum Gasteiger partial charge on any atom is 0.0456 e. The molecule has 0 fully saturated rings. The zero-order valence-electron chi connectivity index (χ0n) is 11.2. The fourth-order valence-corrected chi connectivity index (χ4v) is 2.75. The van der Waals surface area contributed by atoms with Crippen LogP contribution in [0.4, 0.5) is 0 Å². The molecule has 1 nitrogen and oxygen atoms in total. The van der Waals surface area contributed by atoms with E-state index in [0.717, 1.165) is 5.92 Å². The molecule has 0 bridgehead atoms. The number of nitrogens with one attached hydrogen (secondary N) is 1. The fraction of sp³-hybridized carbons (Fsp3) is 0.500. The summed E-state index contributed by atoms with van der Waals surface area (Å²) in [5.41, 5.74) is 2.78. The Bertz CT molecular complexity index is 467. The van der Waals surface area contributed by atoms with Gasteiger partial charge in [0.25, 0.3) is 0 Å². The van der Waals surface area contributed by atoms with Gasteiger partial charge >= 0.3 is 0 Å². The van der Waals surface area contributed by atoms with Crippen LogP contribution in [0.15, 0.2) is 30.5 Å². The van der Waals surface area contributed by atoms with Crippen LogP contribution in [0, 0.1) is 5.92 Å². The van der Waals surface area contributed by atoms with Crippen molar-refractivity contribution >= 4 is 10.9 Å². The molecule has 0 saturated carbocycles. The normalized spacial score (nSPS) is 13.4. The molecule has 0 aliphatic rings. The smallest absolute Gasteiger partial charge is 0.0456 e. The summed E-state index contributed by atoms with van der Waals surface area (Å²) in [6.45, 7) is 6.91. The molecule has 92 valence electrons. The lowest BCUT2D eigenvalue weighted by Crippen LogP contribution is -2.02. The van der Waals surface area contributed by atoms with Crippen molar-refractivity contribution in [3.05, 3.63) is 36.0 Å². The maximum atomic E-state index is 3.40. The van der Waals surface area contributed by atoms with Gasteiger partial charge < -0.3 is 4.98 Å². The lowest BCUT2D eigenvalue weighted by atomic mass is 9.87. The highest BCUT2D eigenvalue weighted by Gasteiger charge is 2.16. The maximum absolute atomic E-state index is 3.40. The summed E-state index contributed by atoms with van der Waals surface area (Å²) in [4.78, 5) is 3.40. The molecule has 1 heteroatoms. The van der Waals surface area contributed by atoms with E-state index in [1.807, 2.05) is 0 Å². The standard InChI is InChI=1S/C16H23N/c1-4-7-13(10-12(2)3)15-11-17-16-9-6-5-8-14(15)16/h5-6,8-9,11-13,17H,4,7,10H2,1-3H3. The minimum atomic E-state index is 0.705. The number of fused-ring (bicyclic) bond motifs is 1. The molecule has 1 atom stereocenters. The number of aromatic amines is 1. The van der Waals surface area contributed by atoms with E-state index in [9.17, 15) is 0 Å². The van der Waals surface area contributed by atoms with Gasteiger partial charge in [-0.15, -0.1) is 0 Å². The molecule has 2 aromatic rings. The third kappa shape index (κ3) is 2.71. The molecular formula is C16H23N. The minimum absolute atomic E-state index is 0.705. The van der Waals surface area contributed by atoms with Crippen molar-refractivity contribution in [2.75, 3.05) is 0 Å². The van der Waals surface area contributed by atoms with Crippen molar-refractivity contribution in [2.45, 2.75) is 46.0 Å². The number of rotatable bonds is 5. The zero-order chi connectivity index (χ0) is 12.3. The van der Waals surface area contributed by atoms with Crippen LogP contribution < -0.4 is 0 Å². The van der Waals surface area contributed by atoms with Crippen LogP contribution in [-0.2, 0) is 0 Å². The van der Waals surface area contributed by atoms with Gasteiger partial charge in [0, 0.05) is 17.1 Å². The van der Waals surface area contributed by atoms with E-state index in [0.29, 0.717) is 5.92 Å². The Kier molecular flexibility index (Phi) is 3.88. The van der Waals surface area contributed by atoms with Crippen LogP contribution in [0.3, 0.4) is 0 Å². The summed E-state index contributed by atoms with van der Waals surface area (Å²) in [6.07, 6.45) is 6.06. The average Bonchev–Trinajstić information content (AvgIpc) is 2.71. The van der Waals surface area contributed by atoms with Gasteiger partial charge in [-0.05, 0) is 36.3 Å². The van der Waals surface area contributed by atoms with E-state index < -0.39 is 0 Å². The Balaban J connectivity index is 2.34. The van der Waals surface area contributed by atoms with Gasteiger partial charge in [0.05, 0.1) is 0 Å². The Morgan fingerprint density at radius 1 is 1.18 bits per heavy atom. The molecule has 0 amide bonds. The molecule has 0 saturated heterocycles. The first kappa shape index (κ1) is 12.2. The Morgan fingerprint density at radius 2 is 1.94 bits per heavy atom. The Hall–Kier alpha value is -1.24. The van der Waals surface area contributed by atoms with Gasteiger partial charge in [0.15, 0.2) is 0 Å². The van der Waals surface area contributed by atoms with E-state index in [-0.39, 0.29) is 0 Å². The highest BCUT2D eigenvalue weighted by atomic mass is 14.7. The van der Waals surface area contributed by atoms with Gasteiger partial charge in [0.1, 0.15) is 0 Å². The molecule has 0 radical (unpaired) electrons. The molecule has 1 aromatic heterocycles. The number of para-hydroxylation sites is 1. The van der Waals surface area contributed by atoms with Crippen molar-refractivity contribution in [3.63, 3.8) is 0 Å². The van der Waals surface area contributed by atoms with Crippen LogP contribution in [0.5, 0.6) is 0 Å². The number of H-pyrrole nitrogens is 1. The van der Waals surface area contributed by atoms with Gasteiger partial charge in [-0.1, -0.05) is 45.4 Å². The minimum Gasteiger partial charge on any atom is -0.361 e. The first-order chi connectivity index (χ1) is 8.22. The van der Waals surface area contributed by atoms with E-state index >= 15 is 0 Å². The van der Waals surface area contributed by atoms with Crippen molar-refractivity contribution in [2.24, 2.45) is 5.92 Å². The lowest BCUT2D eigenvalue weighted by molar-refractivity contribution is 0.474. The largest absolute Gasteiger partial charge is 0.361 e. The first-order valence-corrected chi connectivity index (χ1v) is 6.78. The highest BCUT2D eigenvalue weighted by molar-refractivity contribution is 5.83. The second-order valence-corrected chi connectivity index (χ2v) is 5.40. The van der Waals surface area contributed by atoms with Crippen LogP contribution in [0.1, 0.15) is 51.5 Å². The third-order valence-electron chi connectivity index (χ3n) is 3.45. The quantitative estimate of drug-likeness (QED) is 0.734. The lowest BCUT2D eigenvalue weighted by Gasteiger charge is -2.18. The van der Waals surface area contributed by atoms with E-state index in [1.165, 1.54) is 35.7 Å². The van der Waals surface area contributed by atoms with Gasteiger partial charge in [-0.25, -0.2) is 0 Å². The number of benzene rings is 1. The van der Waals surface area contributed by atoms with Crippen molar-refractivity contribution < 1.29 is 0 Å². The summed E-state index contributed by atoms with van der Waals surface area (Å²) in [5, 5.41) is 1.41. The van der Waals surface area contributed by atoms with Gasteiger partial charge in [-0.3, -0.25) is 0 Å². The monoisotopic (exact) mass is 229 g/mol. The molecule has 17 heavy (non-hydrogen) atoms. The third-order valence-corrected chi connectivity index (χ3v) is 3.45. The summed E-state index contributed by atoms with van der Waals surface area (Å²) in [5.74, 6) is 1.47. The van der Waals surface area contributed by atoms with Crippen LogP contribution in [0.25, 0.3) is 10.9 Å². The SMILES string of the molecule is CCCC(CC(C)C)c1c[nH]c2ccccc12. The molecule has 1 aromatic carbocycles. The van der Waals surface area contributed by atoms with E-state index in [2.05, 4.69) is 56.2 Å². The summed E-state index contributed by atoms with van der Waals surface area (Å²) >= 11 is 0. The predicted octanol–water partition coefficient (Wildman–Crippen LogP) is 5.10. The summed E-state index contributed by atoms with van der Waals surface area (Å²) in [6, 6.07) is 8.64. The van der Waals surface area contributed by atoms with Crippen LogP contribution >= 0.6 is 0 Å². The van der Waals surface area contributed by atoms with Gasteiger partial charge in [0.2, 0.25) is 0 Å². The Labute approximate surface area is 104 Å². The molecule has 1 N–H and O–H groups in total. The molecule has 0 aliphatic carbocycles. The van der Waals surface area contributed by atoms with Gasteiger partial charge in [-0.2, -0.15) is 0 Å². The predicted molar refractivity (Wildman–Crippen MR) is 75.4 cm³/mol. The van der Waals surface area contributed by atoms with E-state index in [1.54, 1.807) is 0 Å². The molecule has 0 spiro atoms. The summed E-state index contributed by atoms with van der Waals surface area (Å²) < 4.78 is 0. The molecular weight excluding hydrogens is 206 g/mol. The molecule has 1 heterocycles. The fourth-order valence-electron chi connectivity index (χ4n) is 2.75. The summed E-state index contributed by atoms with van der Waals surface area (Å²) in [7, 11) is 0. The number of aromatic nitrogens is 1.